The van der Waals surface area contributed by atoms with Gasteiger partial charge in [0, 0.05) is 5.56 Å². The number of halogens is 3. The first-order valence-electron chi connectivity index (χ1n) is 8.75. The number of aromatic nitrogens is 3. The zero-order valence-electron chi connectivity index (χ0n) is 16.0. The highest BCUT2D eigenvalue weighted by molar-refractivity contribution is 5.92. The van der Waals surface area contributed by atoms with Gasteiger partial charge in [0.05, 0.1) is 30.6 Å². The molecule has 1 atom stereocenters. The van der Waals surface area contributed by atoms with Crippen molar-refractivity contribution in [2.24, 2.45) is 0 Å². The Balaban J connectivity index is 1.83. The number of aryl methyl sites for hydroxylation is 1. The Hall–Kier alpha value is -3.36. The van der Waals surface area contributed by atoms with E-state index in [0.717, 1.165) is 21.9 Å². The van der Waals surface area contributed by atoms with Crippen LogP contribution in [0.4, 0.5) is 13.2 Å². The van der Waals surface area contributed by atoms with Crippen LogP contribution in [0.15, 0.2) is 48.7 Å². The summed E-state index contributed by atoms with van der Waals surface area (Å²) in [5.41, 5.74) is 0.599. The van der Waals surface area contributed by atoms with E-state index in [2.05, 4.69) is 15.6 Å². The van der Waals surface area contributed by atoms with E-state index in [1.165, 1.54) is 31.5 Å². The summed E-state index contributed by atoms with van der Waals surface area (Å²) in [6.45, 7) is 3.69. The van der Waals surface area contributed by atoms with E-state index in [0.29, 0.717) is 5.75 Å². The molecule has 0 aliphatic carbocycles. The molecule has 1 heterocycles. The zero-order valence-corrected chi connectivity index (χ0v) is 16.0. The van der Waals surface area contributed by atoms with E-state index < -0.39 is 23.7 Å². The average Bonchev–Trinajstić information content (AvgIpc) is 3.17. The molecule has 0 saturated carbocycles. The maximum atomic E-state index is 13.2. The Morgan fingerprint density at radius 3 is 2.62 bits per heavy atom. The molecular formula is C20H19F3N4O2. The second-order valence-corrected chi connectivity index (χ2v) is 6.50. The van der Waals surface area contributed by atoms with Crippen molar-refractivity contribution in [1.82, 2.24) is 20.3 Å². The molecule has 0 spiro atoms. The van der Waals surface area contributed by atoms with E-state index in [4.69, 9.17) is 4.74 Å². The van der Waals surface area contributed by atoms with E-state index in [-0.39, 0.29) is 11.4 Å². The van der Waals surface area contributed by atoms with Crippen LogP contribution < -0.4 is 10.1 Å². The maximum Gasteiger partial charge on any atom is 0.418 e. The number of nitrogens with one attached hydrogen (secondary N) is 1. The number of carbonyl (C=O) groups is 1. The van der Waals surface area contributed by atoms with Crippen LogP contribution in [-0.2, 0) is 6.18 Å². The fraction of sp³-hybridized carbons (Fsp3) is 0.250. The molecule has 0 radical (unpaired) electrons. The molecule has 1 amide bonds. The zero-order chi connectivity index (χ0) is 21.2. The fourth-order valence-corrected chi connectivity index (χ4v) is 2.94. The minimum atomic E-state index is -4.55. The van der Waals surface area contributed by atoms with Gasteiger partial charge in [-0.15, -0.1) is 5.10 Å². The molecule has 0 fully saturated rings. The summed E-state index contributed by atoms with van der Waals surface area (Å²) >= 11 is 0. The number of benzene rings is 2. The predicted molar refractivity (Wildman–Crippen MR) is 100.0 cm³/mol. The molecule has 1 aromatic heterocycles. The summed E-state index contributed by atoms with van der Waals surface area (Å²) in [4.78, 5) is 12.5. The number of alkyl halides is 3. The smallest absolute Gasteiger partial charge is 0.418 e. The minimum Gasteiger partial charge on any atom is -0.496 e. The first kappa shape index (κ1) is 20.4. The summed E-state index contributed by atoms with van der Waals surface area (Å²) in [7, 11) is 1.53. The number of rotatable bonds is 5. The third kappa shape index (κ3) is 4.39. The Bertz CT molecular complexity index is 1030. The van der Waals surface area contributed by atoms with Crippen molar-refractivity contribution < 1.29 is 22.7 Å². The summed E-state index contributed by atoms with van der Waals surface area (Å²) in [5, 5.41) is 10.2. The Labute approximate surface area is 165 Å². The number of nitrogens with zero attached hydrogens (tertiary/aromatic N) is 3. The lowest BCUT2D eigenvalue weighted by Gasteiger charge is -2.17. The monoisotopic (exact) mass is 404 g/mol. The van der Waals surface area contributed by atoms with Gasteiger partial charge in [0.1, 0.15) is 5.75 Å². The van der Waals surface area contributed by atoms with Crippen LogP contribution in [0.3, 0.4) is 0 Å². The summed E-state index contributed by atoms with van der Waals surface area (Å²) in [6.07, 6.45) is -3.39. The molecule has 3 aromatic rings. The van der Waals surface area contributed by atoms with Crippen LogP contribution in [0.2, 0.25) is 0 Å². The third-order valence-corrected chi connectivity index (χ3v) is 4.38. The highest BCUT2D eigenvalue weighted by Crippen LogP contribution is 2.33. The van der Waals surface area contributed by atoms with E-state index in [9.17, 15) is 18.0 Å². The number of carbonyl (C=O) groups excluding carboxylic acids is 1. The largest absolute Gasteiger partial charge is 0.496 e. The van der Waals surface area contributed by atoms with Gasteiger partial charge in [0.15, 0.2) is 5.69 Å². The number of para-hydroxylation sites is 1. The Morgan fingerprint density at radius 1 is 1.21 bits per heavy atom. The van der Waals surface area contributed by atoms with Crippen molar-refractivity contribution >= 4 is 5.91 Å². The van der Waals surface area contributed by atoms with Crippen LogP contribution in [0.5, 0.6) is 5.75 Å². The molecule has 9 heteroatoms. The first-order chi connectivity index (χ1) is 13.7. The second kappa shape index (κ2) is 7.94. The van der Waals surface area contributed by atoms with Gasteiger partial charge >= 0.3 is 6.18 Å². The second-order valence-electron chi connectivity index (χ2n) is 6.50. The van der Waals surface area contributed by atoms with Crippen LogP contribution in [0.25, 0.3) is 5.69 Å². The lowest BCUT2D eigenvalue weighted by Crippen LogP contribution is -2.27. The minimum absolute atomic E-state index is 0.0968. The molecule has 0 saturated heterocycles. The van der Waals surface area contributed by atoms with Crippen molar-refractivity contribution in [2.75, 3.05) is 7.11 Å². The Morgan fingerprint density at radius 2 is 1.93 bits per heavy atom. The fourth-order valence-electron chi connectivity index (χ4n) is 2.94. The van der Waals surface area contributed by atoms with Gasteiger partial charge in [-0.2, -0.15) is 13.2 Å². The number of methoxy groups -OCH3 is 1. The van der Waals surface area contributed by atoms with Crippen molar-refractivity contribution in [1.29, 1.82) is 0 Å². The molecular weight excluding hydrogens is 385 g/mol. The lowest BCUT2D eigenvalue weighted by atomic mass is 10.0. The quantitative estimate of drug-likeness (QED) is 0.695. The van der Waals surface area contributed by atoms with Gasteiger partial charge in [-0.1, -0.05) is 35.0 Å². The molecule has 3 rings (SSSR count). The molecule has 29 heavy (non-hydrogen) atoms. The van der Waals surface area contributed by atoms with Gasteiger partial charge in [-0.3, -0.25) is 4.79 Å². The Kier molecular flexibility index (Phi) is 5.58. The number of hydrogen-bond donors (Lipinski definition) is 1. The van der Waals surface area contributed by atoms with Gasteiger partial charge in [-0.05, 0) is 32.0 Å². The summed E-state index contributed by atoms with van der Waals surface area (Å²) in [6, 6.07) is 10.1. The molecule has 0 aliphatic heterocycles. The van der Waals surface area contributed by atoms with Crippen molar-refractivity contribution in [3.63, 3.8) is 0 Å². The molecule has 152 valence electrons. The first-order valence-corrected chi connectivity index (χ1v) is 8.75. The average molecular weight is 404 g/mol. The van der Waals surface area contributed by atoms with E-state index >= 15 is 0 Å². The molecule has 2 aromatic carbocycles. The predicted octanol–water partition coefficient (Wildman–Crippen LogP) is 4.09. The number of amides is 1. The van der Waals surface area contributed by atoms with Crippen LogP contribution in [0.1, 0.15) is 40.1 Å². The van der Waals surface area contributed by atoms with Gasteiger partial charge < -0.3 is 10.1 Å². The van der Waals surface area contributed by atoms with Crippen LogP contribution in [0, 0.1) is 6.92 Å². The number of hydrogen-bond acceptors (Lipinski definition) is 4. The van der Waals surface area contributed by atoms with Gasteiger partial charge in [0.2, 0.25) is 0 Å². The SMILES string of the molecule is COc1ccc(C)cc1C(C)NC(=O)c1cn(-c2ccccc2C(F)(F)F)nn1. The van der Waals surface area contributed by atoms with E-state index in [1.54, 1.807) is 13.0 Å². The van der Waals surface area contributed by atoms with Gasteiger partial charge in [-0.25, -0.2) is 4.68 Å². The standard InChI is InChI=1S/C20H19F3N4O2/c1-12-8-9-18(29-3)14(10-12)13(2)24-19(28)16-11-27(26-25-16)17-7-5-4-6-15(17)20(21,22)23/h4-11,13H,1-3H3,(H,24,28). The highest BCUT2D eigenvalue weighted by atomic mass is 19.4. The molecule has 1 unspecified atom stereocenters. The third-order valence-electron chi connectivity index (χ3n) is 4.38. The number of ether oxygens (including phenoxy) is 1. The van der Waals surface area contributed by atoms with Crippen LogP contribution in [-0.4, -0.2) is 28.0 Å². The highest BCUT2D eigenvalue weighted by Gasteiger charge is 2.34. The normalized spacial score (nSPS) is 12.5. The summed E-state index contributed by atoms with van der Waals surface area (Å²) < 4.78 is 45.9. The lowest BCUT2D eigenvalue weighted by molar-refractivity contribution is -0.137. The van der Waals surface area contributed by atoms with Crippen molar-refractivity contribution in [2.45, 2.75) is 26.1 Å². The molecule has 6 nitrogen and oxygen atoms in total. The maximum absolute atomic E-state index is 13.2. The van der Waals surface area contributed by atoms with E-state index in [1.807, 2.05) is 19.1 Å². The van der Waals surface area contributed by atoms with Crippen molar-refractivity contribution in [3.05, 3.63) is 71.0 Å². The topological polar surface area (TPSA) is 69.0 Å². The van der Waals surface area contributed by atoms with Crippen molar-refractivity contribution in [3.8, 4) is 11.4 Å². The summed E-state index contributed by atoms with van der Waals surface area (Å²) in [5.74, 6) is 0.0583. The van der Waals surface area contributed by atoms with Crippen LogP contribution >= 0.6 is 0 Å². The molecule has 0 bridgehead atoms. The molecule has 0 aliphatic rings. The van der Waals surface area contributed by atoms with Gasteiger partial charge in [0.25, 0.3) is 5.91 Å². The molecule has 1 N–H and O–H groups in total.